The molecule has 4 rings (SSSR count). The van der Waals surface area contributed by atoms with E-state index < -0.39 is 5.97 Å². The Morgan fingerprint density at radius 3 is 2.29 bits per heavy atom. The van der Waals surface area contributed by atoms with E-state index in [4.69, 9.17) is 0 Å². The molecule has 1 aliphatic rings. The molecule has 0 bridgehead atoms. The van der Waals surface area contributed by atoms with E-state index in [0.29, 0.717) is 16.3 Å². The number of thiophene rings is 1. The molecule has 0 aliphatic carbocycles. The Balaban J connectivity index is 1.50. The molecule has 3 aromatic rings. The number of carboxylic acids is 1. The van der Waals surface area contributed by atoms with Crippen molar-refractivity contribution < 1.29 is 14.7 Å². The molecule has 31 heavy (non-hydrogen) atoms. The standard InChI is InChI=1S/C24H25N3O3S/c1-16-5-6-17(2)21(14-16)27-11-9-26(10-12-27)20-8-7-18(15-19(20)24(29)30)25-23(28)22-4-3-13-31-22/h3-8,13-15H,9-12H2,1-2H3,(H,25,28)(H,29,30). The number of amides is 1. The van der Waals surface area contributed by atoms with Gasteiger partial charge in [-0.25, -0.2) is 4.79 Å². The van der Waals surface area contributed by atoms with E-state index in [9.17, 15) is 14.7 Å². The molecule has 7 heteroatoms. The number of carboxylic acid groups (broad SMARTS) is 1. The van der Waals surface area contributed by atoms with Crippen LogP contribution in [-0.2, 0) is 0 Å². The van der Waals surface area contributed by atoms with E-state index >= 15 is 0 Å². The van der Waals surface area contributed by atoms with Gasteiger partial charge in [0.05, 0.1) is 16.1 Å². The van der Waals surface area contributed by atoms with E-state index in [2.05, 4.69) is 47.2 Å². The lowest BCUT2D eigenvalue weighted by Gasteiger charge is -2.38. The van der Waals surface area contributed by atoms with Gasteiger partial charge in [0.1, 0.15) is 0 Å². The molecular formula is C24H25N3O3S. The lowest BCUT2D eigenvalue weighted by atomic mass is 10.1. The van der Waals surface area contributed by atoms with Crippen molar-refractivity contribution in [2.75, 3.05) is 41.3 Å². The summed E-state index contributed by atoms with van der Waals surface area (Å²) < 4.78 is 0. The van der Waals surface area contributed by atoms with Crippen LogP contribution in [0.1, 0.15) is 31.2 Å². The normalized spacial score (nSPS) is 13.9. The average molecular weight is 436 g/mol. The summed E-state index contributed by atoms with van der Waals surface area (Å²) in [5.41, 5.74) is 5.08. The number of carbonyl (C=O) groups is 2. The number of piperazine rings is 1. The Hall–Kier alpha value is -3.32. The maximum absolute atomic E-state index is 12.3. The van der Waals surface area contributed by atoms with Crippen molar-refractivity contribution in [1.29, 1.82) is 0 Å². The largest absolute Gasteiger partial charge is 0.478 e. The summed E-state index contributed by atoms with van der Waals surface area (Å²) in [5, 5.41) is 14.4. The molecule has 0 saturated carbocycles. The van der Waals surface area contributed by atoms with Crippen LogP contribution in [0.5, 0.6) is 0 Å². The van der Waals surface area contributed by atoms with Crippen LogP contribution in [-0.4, -0.2) is 43.2 Å². The third kappa shape index (κ3) is 4.56. The van der Waals surface area contributed by atoms with Crippen molar-refractivity contribution in [3.63, 3.8) is 0 Å². The second kappa shape index (κ2) is 8.81. The molecule has 2 N–H and O–H groups in total. The lowest BCUT2D eigenvalue weighted by molar-refractivity contribution is 0.0697. The molecule has 0 atom stereocenters. The van der Waals surface area contributed by atoms with E-state index in [0.717, 1.165) is 26.2 Å². The van der Waals surface area contributed by atoms with Gasteiger partial charge in [-0.15, -0.1) is 11.3 Å². The van der Waals surface area contributed by atoms with Gasteiger partial charge < -0.3 is 20.2 Å². The number of hydrogen-bond donors (Lipinski definition) is 2. The number of aryl methyl sites for hydroxylation is 2. The molecule has 2 aromatic carbocycles. The van der Waals surface area contributed by atoms with E-state index in [1.807, 2.05) is 11.4 Å². The first-order valence-electron chi connectivity index (χ1n) is 10.2. The highest BCUT2D eigenvalue weighted by Crippen LogP contribution is 2.28. The number of benzene rings is 2. The highest BCUT2D eigenvalue weighted by molar-refractivity contribution is 7.12. The van der Waals surface area contributed by atoms with Gasteiger partial charge in [-0.3, -0.25) is 4.79 Å². The van der Waals surface area contributed by atoms with Gasteiger partial charge in [0.25, 0.3) is 5.91 Å². The van der Waals surface area contributed by atoms with Crippen LogP contribution in [0.25, 0.3) is 0 Å². The number of carbonyl (C=O) groups excluding carboxylic acids is 1. The fourth-order valence-electron chi connectivity index (χ4n) is 3.91. The number of nitrogens with one attached hydrogen (secondary N) is 1. The third-order valence-electron chi connectivity index (χ3n) is 5.56. The van der Waals surface area contributed by atoms with Crippen LogP contribution in [0.4, 0.5) is 17.1 Å². The number of aromatic carboxylic acids is 1. The Morgan fingerprint density at radius 2 is 1.65 bits per heavy atom. The molecule has 0 radical (unpaired) electrons. The molecule has 6 nitrogen and oxygen atoms in total. The van der Waals surface area contributed by atoms with Crippen LogP contribution in [0.2, 0.25) is 0 Å². The Kier molecular flexibility index (Phi) is 5.95. The van der Waals surface area contributed by atoms with Crippen molar-refractivity contribution in [1.82, 2.24) is 0 Å². The van der Waals surface area contributed by atoms with Crippen molar-refractivity contribution in [3.8, 4) is 0 Å². The van der Waals surface area contributed by atoms with Gasteiger partial charge in [0.2, 0.25) is 0 Å². The van der Waals surface area contributed by atoms with Crippen LogP contribution >= 0.6 is 11.3 Å². The monoisotopic (exact) mass is 435 g/mol. The Bertz CT molecular complexity index is 1100. The van der Waals surface area contributed by atoms with Crippen LogP contribution in [0.3, 0.4) is 0 Å². The van der Waals surface area contributed by atoms with E-state index in [1.54, 1.807) is 24.3 Å². The second-order valence-electron chi connectivity index (χ2n) is 7.73. The Labute approximate surface area is 185 Å². The summed E-state index contributed by atoms with van der Waals surface area (Å²) >= 11 is 1.35. The zero-order valence-electron chi connectivity index (χ0n) is 17.6. The zero-order chi connectivity index (χ0) is 22.0. The average Bonchev–Trinajstić information content (AvgIpc) is 3.31. The fraction of sp³-hybridized carbons (Fsp3) is 0.250. The minimum absolute atomic E-state index is 0.198. The summed E-state index contributed by atoms with van der Waals surface area (Å²) in [6.07, 6.45) is 0. The Morgan fingerprint density at radius 1 is 0.935 bits per heavy atom. The van der Waals surface area contributed by atoms with E-state index in [1.165, 1.54) is 28.2 Å². The smallest absolute Gasteiger partial charge is 0.337 e. The summed E-state index contributed by atoms with van der Waals surface area (Å²) in [5.74, 6) is -1.24. The second-order valence-corrected chi connectivity index (χ2v) is 8.68. The van der Waals surface area contributed by atoms with Crippen molar-refractivity contribution in [2.24, 2.45) is 0 Å². The SMILES string of the molecule is Cc1ccc(C)c(N2CCN(c3ccc(NC(=O)c4cccs4)cc3C(=O)O)CC2)c1. The highest BCUT2D eigenvalue weighted by atomic mass is 32.1. The zero-order valence-corrected chi connectivity index (χ0v) is 18.4. The molecule has 1 aliphatic heterocycles. The predicted molar refractivity (Wildman–Crippen MR) is 126 cm³/mol. The summed E-state index contributed by atoms with van der Waals surface area (Å²) in [6.45, 7) is 7.31. The van der Waals surface area contributed by atoms with Gasteiger partial charge in [-0.1, -0.05) is 18.2 Å². The lowest BCUT2D eigenvalue weighted by Crippen LogP contribution is -2.47. The summed E-state index contributed by atoms with van der Waals surface area (Å²) in [6, 6.07) is 15.1. The number of anilines is 3. The molecule has 160 valence electrons. The molecular weight excluding hydrogens is 410 g/mol. The van der Waals surface area contributed by atoms with Gasteiger partial charge in [-0.2, -0.15) is 0 Å². The van der Waals surface area contributed by atoms with Crippen LogP contribution in [0.15, 0.2) is 53.9 Å². The molecule has 1 aromatic heterocycles. The predicted octanol–water partition coefficient (Wildman–Crippen LogP) is 4.64. The minimum atomic E-state index is -1.00. The highest BCUT2D eigenvalue weighted by Gasteiger charge is 2.23. The van der Waals surface area contributed by atoms with Crippen LogP contribution in [0, 0.1) is 13.8 Å². The number of rotatable bonds is 5. The third-order valence-corrected chi connectivity index (χ3v) is 6.42. The minimum Gasteiger partial charge on any atom is -0.478 e. The fourth-order valence-corrected chi connectivity index (χ4v) is 4.53. The quantitative estimate of drug-likeness (QED) is 0.611. The van der Waals surface area contributed by atoms with E-state index in [-0.39, 0.29) is 11.5 Å². The first kappa shape index (κ1) is 20.9. The van der Waals surface area contributed by atoms with Crippen molar-refractivity contribution in [3.05, 3.63) is 75.5 Å². The maximum Gasteiger partial charge on any atom is 0.337 e. The van der Waals surface area contributed by atoms with Gasteiger partial charge >= 0.3 is 5.97 Å². The molecule has 0 unspecified atom stereocenters. The summed E-state index contributed by atoms with van der Waals surface area (Å²) in [7, 11) is 0. The first-order chi connectivity index (χ1) is 14.9. The maximum atomic E-state index is 12.3. The number of nitrogens with zero attached hydrogens (tertiary/aromatic N) is 2. The topological polar surface area (TPSA) is 72.9 Å². The summed E-state index contributed by atoms with van der Waals surface area (Å²) in [4.78, 5) is 29.3. The van der Waals surface area contributed by atoms with Gasteiger partial charge in [0.15, 0.2) is 0 Å². The molecule has 1 fully saturated rings. The van der Waals surface area contributed by atoms with Crippen molar-refractivity contribution >= 4 is 40.3 Å². The van der Waals surface area contributed by atoms with Crippen LogP contribution < -0.4 is 15.1 Å². The van der Waals surface area contributed by atoms with Gasteiger partial charge in [-0.05, 0) is 60.7 Å². The molecule has 1 amide bonds. The molecule has 0 spiro atoms. The van der Waals surface area contributed by atoms with Gasteiger partial charge in [0, 0.05) is 37.6 Å². The van der Waals surface area contributed by atoms with Crippen molar-refractivity contribution in [2.45, 2.75) is 13.8 Å². The first-order valence-corrected chi connectivity index (χ1v) is 11.1. The molecule has 2 heterocycles. The number of hydrogen-bond acceptors (Lipinski definition) is 5. The molecule has 1 saturated heterocycles.